The van der Waals surface area contributed by atoms with E-state index >= 15 is 0 Å². The van der Waals surface area contributed by atoms with Crippen molar-refractivity contribution in [2.75, 3.05) is 20.6 Å². The van der Waals surface area contributed by atoms with Gasteiger partial charge in [0.15, 0.2) is 0 Å². The van der Waals surface area contributed by atoms with Crippen molar-refractivity contribution >= 4 is 10.0 Å². The van der Waals surface area contributed by atoms with Gasteiger partial charge in [0.05, 0.1) is 4.90 Å². The maximum atomic E-state index is 12.3. The number of sulfonamides is 1. The molecule has 0 aliphatic heterocycles. The van der Waals surface area contributed by atoms with Gasteiger partial charge in [-0.3, -0.25) is 0 Å². The van der Waals surface area contributed by atoms with Crippen LogP contribution in [0.15, 0.2) is 17.2 Å². The zero-order valence-corrected chi connectivity index (χ0v) is 13.8. The first kappa shape index (κ1) is 17.2. The second-order valence-corrected chi connectivity index (χ2v) is 7.46. The van der Waals surface area contributed by atoms with Crippen LogP contribution < -0.4 is 10.5 Å². The lowest BCUT2D eigenvalue weighted by Crippen LogP contribution is -2.48. The number of aromatic nitrogens is 1. The molecule has 1 rings (SSSR count). The van der Waals surface area contributed by atoms with Gasteiger partial charge in [-0.1, -0.05) is 0 Å². The molecule has 1 aromatic heterocycles. The molecular weight excluding hydrogens is 276 g/mol. The minimum atomic E-state index is -3.50. The van der Waals surface area contributed by atoms with Crippen LogP contribution in [0.4, 0.5) is 0 Å². The van der Waals surface area contributed by atoms with E-state index in [0.29, 0.717) is 19.6 Å². The Morgan fingerprint density at radius 3 is 2.40 bits per heavy atom. The molecular formula is C13H26N4O2S. The number of rotatable bonds is 7. The number of likely N-dealkylation sites (N-methyl/N-ethyl adjacent to an activating group) is 1. The van der Waals surface area contributed by atoms with Gasteiger partial charge >= 0.3 is 0 Å². The molecule has 116 valence electrons. The Morgan fingerprint density at radius 1 is 1.40 bits per heavy atom. The molecule has 0 atom stereocenters. The Balaban J connectivity index is 2.92. The average molecular weight is 302 g/mol. The van der Waals surface area contributed by atoms with Crippen LogP contribution in [0.1, 0.15) is 26.5 Å². The fourth-order valence-corrected chi connectivity index (χ4v) is 2.92. The molecule has 0 saturated heterocycles. The summed E-state index contributed by atoms with van der Waals surface area (Å²) in [5.41, 5.74) is 6.19. The highest BCUT2D eigenvalue weighted by Crippen LogP contribution is 2.16. The number of nitrogens with two attached hydrogens (primary N) is 1. The van der Waals surface area contributed by atoms with Gasteiger partial charge < -0.3 is 15.2 Å². The van der Waals surface area contributed by atoms with Gasteiger partial charge in [-0.2, -0.15) is 0 Å². The molecule has 0 saturated carbocycles. The van der Waals surface area contributed by atoms with E-state index in [0.717, 1.165) is 5.69 Å². The first-order valence-electron chi connectivity index (χ1n) is 6.70. The van der Waals surface area contributed by atoms with Crippen molar-refractivity contribution < 1.29 is 8.42 Å². The number of nitrogens with one attached hydrogen (secondary N) is 1. The molecule has 0 radical (unpaired) electrons. The lowest BCUT2D eigenvalue weighted by atomic mass is 10.1. The molecule has 0 amide bonds. The Hall–Kier alpha value is -0.890. The molecule has 3 N–H and O–H groups in total. The standard InChI is InChI=1S/C13H26N4O2S/c1-6-17-9-12(7-11(17)8-14)20(18,19)15-10-13(2,3)16(4)5/h7,9,15H,6,8,10,14H2,1-5H3. The molecule has 0 fully saturated rings. The minimum Gasteiger partial charge on any atom is -0.349 e. The predicted molar refractivity (Wildman–Crippen MR) is 81.0 cm³/mol. The topological polar surface area (TPSA) is 80.4 Å². The third kappa shape index (κ3) is 3.82. The first-order valence-corrected chi connectivity index (χ1v) is 8.18. The van der Waals surface area contributed by atoms with E-state index in [9.17, 15) is 8.42 Å². The highest BCUT2D eigenvalue weighted by Gasteiger charge is 2.25. The molecule has 0 aliphatic rings. The summed E-state index contributed by atoms with van der Waals surface area (Å²) in [5, 5.41) is 0. The van der Waals surface area contributed by atoms with Gasteiger partial charge in [-0.25, -0.2) is 13.1 Å². The Bertz CT molecular complexity index is 525. The average Bonchev–Trinajstić information content (AvgIpc) is 2.80. The SMILES string of the molecule is CCn1cc(S(=O)(=O)NCC(C)(C)N(C)C)cc1CN. The Morgan fingerprint density at radius 2 is 2.00 bits per heavy atom. The Labute approximate surface area is 122 Å². The maximum absolute atomic E-state index is 12.3. The lowest BCUT2D eigenvalue weighted by molar-refractivity contribution is 0.199. The van der Waals surface area contributed by atoms with E-state index in [1.807, 2.05) is 44.3 Å². The first-order chi connectivity index (χ1) is 9.14. The third-order valence-electron chi connectivity index (χ3n) is 3.73. The van der Waals surface area contributed by atoms with Crippen LogP contribution >= 0.6 is 0 Å². The monoisotopic (exact) mass is 302 g/mol. The molecule has 0 unspecified atom stereocenters. The fraction of sp³-hybridized carbons (Fsp3) is 0.692. The summed E-state index contributed by atoms with van der Waals surface area (Å²) in [6.07, 6.45) is 1.63. The van der Waals surface area contributed by atoms with Crippen molar-refractivity contribution in [2.45, 2.75) is 44.3 Å². The van der Waals surface area contributed by atoms with E-state index in [2.05, 4.69) is 4.72 Å². The van der Waals surface area contributed by atoms with Crippen LogP contribution in [-0.2, 0) is 23.1 Å². The molecule has 6 nitrogen and oxygen atoms in total. The van der Waals surface area contributed by atoms with Crippen molar-refractivity contribution in [1.82, 2.24) is 14.2 Å². The number of hydrogen-bond donors (Lipinski definition) is 2. The largest absolute Gasteiger partial charge is 0.349 e. The van der Waals surface area contributed by atoms with E-state index < -0.39 is 10.0 Å². The van der Waals surface area contributed by atoms with E-state index in [1.165, 1.54) is 0 Å². The second kappa shape index (κ2) is 6.26. The maximum Gasteiger partial charge on any atom is 0.242 e. The fourth-order valence-electron chi connectivity index (χ4n) is 1.65. The molecule has 0 spiro atoms. The van der Waals surface area contributed by atoms with Crippen molar-refractivity contribution in [3.05, 3.63) is 18.0 Å². The summed E-state index contributed by atoms with van der Waals surface area (Å²) in [7, 11) is 0.348. The smallest absolute Gasteiger partial charge is 0.242 e. The predicted octanol–water partition coefficient (Wildman–Crippen LogP) is 0.585. The summed E-state index contributed by atoms with van der Waals surface area (Å²) in [5.74, 6) is 0. The van der Waals surface area contributed by atoms with Gasteiger partial charge in [0.25, 0.3) is 0 Å². The molecule has 0 aliphatic carbocycles. The van der Waals surface area contributed by atoms with Crippen LogP contribution in [-0.4, -0.2) is 44.1 Å². The molecule has 1 heterocycles. The van der Waals surface area contributed by atoms with Crippen molar-refractivity contribution in [2.24, 2.45) is 5.73 Å². The van der Waals surface area contributed by atoms with Crippen LogP contribution in [0.2, 0.25) is 0 Å². The molecule has 0 aromatic carbocycles. The van der Waals surface area contributed by atoms with Crippen molar-refractivity contribution in [3.8, 4) is 0 Å². The highest BCUT2D eigenvalue weighted by atomic mass is 32.2. The van der Waals surface area contributed by atoms with Crippen LogP contribution in [0, 0.1) is 0 Å². The van der Waals surface area contributed by atoms with Crippen molar-refractivity contribution in [1.29, 1.82) is 0 Å². The van der Waals surface area contributed by atoms with Crippen molar-refractivity contribution in [3.63, 3.8) is 0 Å². The molecule has 1 aromatic rings. The normalized spacial score (nSPS) is 13.2. The summed E-state index contributed by atoms with van der Waals surface area (Å²) >= 11 is 0. The number of hydrogen-bond acceptors (Lipinski definition) is 4. The van der Waals surface area contributed by atoms with Crippen LogP contribution in [0.25, 0.3) is 0 Å². The summed E-state index contributed by atoms with van der Waals surface area (Å²) < 4.78 is 29.1. The zero-order valence-electron chi connectivity index (χ0n) is 13.0. The molecule has 20 heavy (non-hydrogen) atoms. The molecule has 7 heteroatoms. The summed E-state index contributed by atoms with van der Waals surface area (Å²) in [4.78, 5) is 2.26. The van der Waals surface area contributed by atoms with Crippen LogP contribution in [0.3, 0.4) is 0 Å². The minimum absolute atomic E-state index is 0.253. The number of nitrogens with zero attached hydrogens (tertiary/aromatic N) is 2. The summed E-state index contributed by atoms with van der Waals surface area (Å²) in [6.45, 7) is 7.30. The second-order valence-electron chi connectivity index (χ2n) is 5.69. The van der Waals surface area contributed by atoms with Gasteiger partial charge in [-0.05, 0) is 40.9 Å². The molecule has 0 bridgehead atoms. The van der Waals surface area contributed by atoms with Gasteiger partial charge in [0.1, 0.15) is 0 Å². The van der Waals surface area contributed by atoms with E-state index in [-0.39, 0.29) is 10.4 Å². The van der Waals surface area contributed by atoms with E-state index in [4.69, 9.17) is 5.73 Å². The summed E-state index contributed by atoms with van der Waals surface area (Å²) in [6, 6.07) is 1.63. The van der Waals surface area contributed by atoms with E-state index in [1.54, 1.807) is 12.3 Å². The Kier molecular flexibility index (Phi) is 5.37. The van der Waals surface area contributed by atoms with Gasteiger partial charge in [0.2, 0.25) is 10.0 Å². The quantitative estimate of drug-likeness (QED) is 0.772. The lowest BCUT2D eigenvalue weighted by Gasteiger charge is -2.32. The number of aryl methyl sites for hydroxylation is 1. The highest BCUT2D eigenvalue weighted by molar-refractivity contribution is 7.89. The third-order valence-corrected chi connectivity index (χ3v) is 5.09. The van der Waals surface area contributed by atoms with Gasteiger partial charge in [0, 0.05) is 37.1 Å². The zero-order chi connectivity index (χ0) is 15.6. The van der Waals surface area contributed by atoms with Crippen LogP contribution in [0.5, 0.6) is 0 Å². The van der Waals surface area contributed by atoms with Gasteiger partial charge in [-0.15, -0.1) is 0 Å².